The second-order valence-electron chi connectivity index (χ2n) is 3.92. The van der Waals surface area contributed by atoms with Crippen LogP contribution in [0.2, 0.25) is 0 Å². The minimum atomic E-state index is 0. The quantitative estimate of drug-likeness (QED) is 0.898. The highest BCUT2D eigenvalue weighted by Crippen LogP contribution is 2.19. The van der Waals surface area contributed by atoms with E-state index in [1.165, 1.54) is 6.42 Å². The Bertz CT molecular complexity index is 384. The molecule has 0 aromatic heterocycles. The first kappa shape index (κ1) is 16.1. The summed E-state index contributed by atoms with van der Waals surface area (Å²) in [7, 11) is 2.09. The van der Waals surface area contributed by atoms with Crippen LogP contribution in [0.1, 0.15) is 12.0 Å². The second-order valence-corrected chi connectivity index (χ2v) is 3.92. The molecule has 0 spiro atoms. The van der Waals surface area contributed by atoms with Gasteiger partial charge in [0, 0.05) is 25.3 Å². The minimum absolute atomic E-state index is 0. The molecule has 1 aliphatic heterocycles. The second kappa shape index (κ2) is 7.39. The maximum absolute atomic E-state index is 8.83. The van der Waals surface area contributed by atoms with Gasteiger partial charge < -0.3 is 10.2 Å². The molecule has 1 aliphatic rings. The zero-order valence-electron chi connectivity index (χ0n) is 9.72. The number of hydrogen-bond acceptors (Lipinski definition) is 3. The molecule has 0 saturated carbocycles. The fourth-order valence-electron chi connectivity index (χ4n) is 1.98. The van der Waals surface area contributed by atoms with Crippen LogP contribution in [0.4, 0.5) is 5.69 Å². The lowest BCUT2D eigenvalue weighted by Gasteiger charge is -2.26. The predicted octanol–water partition coefficient (Wildman–Crippen LogP) is 2.20. The Morgan fingerprint density at radius 1 is 1.41 bits per heavy atom. The molecule has 1 aromatic carbocycles. The van der Waals surface area contributed by atoms with Crippen molar-refractivity contribution in [1.82, 2.24) is 5.32 Å². The maximum atomic E-state index is 8.83. The lowest BCUT2D eigenvalue weighted by atomic mass is 10.1. The number of nitrogens with one attached hydrogen (secondary N) is 1. The Balaban J connectivity index is 0.00000128. The molecule has 0 radical (unpaired) electrons. The Kier molecular flexibility index (Phi) is 6.98. The normalized spacial score (nSPS) is 17.5. The number of halogens is 2. The molecule has 1 aromatic rings. The molecular weight excluding hydrogens is 257 g/mol. The molecule has 0 aliphatic carbocycles. The molecule has 1 N–H and O–H groups in total. The highest BCUT2D eigenvalue weighted by Gasteiger charge is 2.19. The van der Waals surface area contributed by atoms with Crippen LogP contribution in [0.3, 0.4) is 0 Å². The lowest BCUT2D eigenvalue weighted by molar-refractivity contribution is 0.685. The van der Waals surface area contributed by atoms with Crippen molar-refractivity contribution in [1.29, 1.82) is 5.26 Å². The summed E-state index contributed by atoms with van der Waals surface area (Å²) in [4.78, 5) is 2.25. The predicted molar refractivity (Wildman–Crippen MR) is 75.3 cm³/mol. The Morgan fingerprint density at radius 3 is 2.76 bits per heavy atom. The number of hydrogen-bond donors (Lipinski definition) is 1. The van der Waals surface area contributed by atoms with Crippen molar-refractivity contribution >= 4 is 30.5 Å². The maximum Gasteiger partial charge on any atom is 0.0992 e. The Labute approximate surface area is 115 Å². The van der Waals surface area contributed by atoms with Gasteiger partial charge in [-0.15, -0.1) is 24.8 Å². The third kappa shape index (κ3) is 3.78. The molecule has 5 heteroatoms. The van der Waals surface area contributed by atoms with E-state index in [0.29, 0.717) is 6.04 Å². The largest absolute Gasteiger partial charge is 0.370 e. The van der Waals surface area contributed by atoms with E-state index in [1.54, 1.807) is 0 Å². The van der Waals surface area contributed by atoms with E-state index in [9.17, 15) is 0 Å². The van der Waals surface area contributed by atoms with Crippen LogP contribution in [0.25, 0.3) is 0 Å². The molecule has 1 saturated heterocycles. The van der Waals surface area contributed by atoms with Crippen LogP contribution in [-0.2, 0) is 0 Å². The van der Waals surface area contributed by atoms with Crippen LogP contribution < -0.4 is 10.2 Å². The first-order valence-electron chi connectivity index (χ1n) is 5.25. The van der Waals surface area contributed by atoms with Crippen molar-refractivity contribution in [2.24, 2.45) is 0 Å². The van der Waals surface area contributed by atoms with Gasteiger partial charge in [0.15, 0.2) is 0 Å². The molecule has 1 atom stereocenters. The topological polar surface area (TPSA) is 39.1 Å². The third-order valence-corrected chi connectivity index (χ3v) is 2.96. The number of rotatable bonds is 2. The molecule has 1 heterocycles. The molecular formula is C12H17Cl2N3. The zero-order valence-corrected chi connectivity index (χ0v) is 11.4. The molecule has 3 nitrogen and oxygen atoms in total. The van der Waals surface area contributed by atoms with E-state index < -0.39 is 0 Å². The first-order valence-corrected chi connectivity index (χ1v) is 5.25. The fraction of sp³-hybridized carbons (Fsp3) is 0.417. The summed E-state index contributed by atoms with van der Waals surface area (Å²) in [5.41, 5.74) is 1.85. The van der Waals surface area contributed by atoms with Crippen molar-refractivity contribution in [3.8, 4) is 6.07 Å². The van der Waals surface area contributed by atoms with Crippen LogP contribution in [0.15, 0.2) is 24.3 Å². The van der Waals surface area contributed by atoms with Crippen LogP contribution >= 0.6 is 24.8 Å². The van der Waals surface area contributed by atoms with E-state index in [1.807, 2.05) is 18.2 Å². The average Bonchev–Trinajstić information content (AvgIpc) is 2.81. The number of nitrogens with zero attached hydrogens (tertiary/aromatic N) is 2. The number of benzene rings is 1. The van der Waals surface area contributed by atoms with E-state index in [-0.39, 0.29) is 24.8 Å². The summed E-state index contributed by atoms with van der Waals surface area (Å²) in [6, 6.07) is 10.5. The molecule has 1 unspecified atom stereocenters. The Hall–Kier alpha value is -0.950. The number of likely N-dealkylation sites (N-methyl/N-ethyl adjacent to an activating group) is 1. The summed E-state index contributed by atoms with van der Waals surface area (Å²) in [6.07, 6.45) is 1.17. The summed E-state index contributed by atoms with van der Waals surface area (Å²) in [6.45, 7) is 2.13. The van der Waals surface area contributed by atoms with Gasteiger partial charge in [-0.05, 0) is 31.2 Å². The van der Waals surface area contributed by atoms with Gasteiger partial charge in [0.1, 0.15) is 0 Å². The van der Waals surface area contributed by atoms with Crippen molar-refractivity contribution < 1.29 is 0 Å². The summed E-state index contributed by atoms with van der Waals surface area (Å²) >= 11 is 0. The van der Waals surface area contributed by atoms with Gasteiger partial charge >= 0.3 is 0 Å². The number of nitriles is 1. The van der Waals surface area contributed by atoms with Crippen molar-refractivity contribution in [3.05, 3.63) is 29.8 Å². The molecule has 1 fully saturated rings. The molecule has 0 amide bonds. The van der Waals surface area contributed by atoms with E-state index in [2.05, 4.69) is 29.4 Å². The van der Waals surface area contributed by atoms with Crippen LogP contribution in [0.5, 0.6) is 0 Å². The number of anilines is 1. The Morgan fingerprint density at radius 2 is 2.18 bits per heavy atom. The van der Waals surface area contributed by atoms with Gasteiger partial charge in [-0.25, -0.2) is 0 Å². The smallest absolute Gasteiger partial charge is 0.0992 e. The van der Waals surface area contributed by atoms with Gasteiger partial charge in [0.05, 0.1) is 11.6 Å². The SMILES string of the molecule is CN(c1cccc(C#N)c1)C1CCNC1.Cl.Cl. The van der Waals surface area contributed by atoms with Crippen LogP contribution in [0, 0.1) is 11.3 Å². The zero-order chi connectivity index (χ0) is 10.7. The molecule has 0 bridgehead atoms. The van der Waals surface area contributed by atoms with Crippen molar-refractivity contribution in [2.75, 3.05) is 25.0 Å². The molecule has 17 heavy (non-hydrogen) atoms. The average molecular weight is 274 g/mol. The summed E-state index contributed by atoms with van der Waals surface area (Å²) in [5, 5.41) is 12.2. The van der Waals surface area contributed by atoms with Gasteiger partial charge in [-0.3, -0.25) is 0 Å². The van der Waals surface area contributed by atoms with Gasteiger partial charge in [-0.1, -0.05) is 6.07 Å². The monoisotopic (exact) mass is 273 g/mol. The van der Waals surface area contributed by atoms with Crippen LogP contribution in [-0.4, -0.2) is 26.2 Å². The summed E-state index contributed by atoms with van der Waals surface area (Å²) in [5.74, 6) is 0. The fourth-order valence-corrected chi connectivity index (χ4v) is 1.98. The minimum Gasteiger partial charge on any atom is -0.370 e. The van der Waals surface area contributed by atoms with Gasteiger partial charge in [0.25, 0.3) is 0 Å². The van der Waals surface area contributed by atoms with Gasteiger partial charge in [-0.2, -0.15) is 5.26 Å². The van der Waals surface area contributed by atoms with E-state index in [0.717, 1.165) is 24.3 Å². The highest BCUT2D eigenvalue weighted by molar-refractivity contribution is 5.85. The highest BCUT2D eigenvalue weighted by atomic mass is 35.5. The van der Waals surface area contributed by atoms with E-state index >= 15 is 0 Å². The van der Waals surface area contributed by atoms with Crippen molar-refractivity contribution in [2.45, 2.75) is 12.5 Å². The summed E-state index contributed by atoms with van der Waals surface area (Å²) < 4.78 is 0. The first-order chi connectivity index (χ1) is 7.31. The van der Waals surface area contributed by atoms with Crippen molar-refractivity contribution in [3.63, 3.8) is 0 Å². The van der Waals surface area contributed by atoms with Gasteiger partial charge in [0.2, 0.25) is 0 Å². The standard InChI is InChI=1S/C12H15N3.2ClH/c1-15(12-5-6-14-9-12)11-4-2-3-10(7-11)8-13;;/h2-4,7,12,14H,5-6,9H2,1H3;2*1H. The lowest BCUT2D eigenvalue weighted by Crippen LogP contribution is -2.33. The van der Waals surface area contributed by atoms with E-state index in [4.69, 9.17) is 5.26 Å². The molecule has 2 rings (SSSR count). The third-order valence-electron chi connectivity index (χ3n) is 2.96. The molecule has 94 valence electrons.